The zero-order valence-corrected chi connectivity index (χ0v) is 45.4. The monoisotopic (exact) mass is 953 g/mol. The Hall–Kier alpha value is -2.63. The van der Waals surface area contributed by atoms with Crippen molar-refractivity contribution >= 4 is 17.9 Å². The van der Waals surface area contributed by atoms with Gasteiger partial charge >= 0.3 is 17.9 Å². The molecule has 0 bridgehead atoms. The summed E-state index contributed by atoms with van der Waals surface area (Å²) < 4.78 is 16.8. The van der Waals surface area contributed by atoms with Crippen LogP contribution in [0.5, 0.6) is 0 Å². The first kappa shape index (κ1) is 65.4. The molecule has 0 spiro atoms. The van der Waals surface area contributed by atoms with E-state index in [9.17, 15) is 14.4 Å². The molecule has 0 aliphatic heterocycles. The average Bonchev–Trinajstić information content (AvgIpc) is 3.34. The minimum Gasteiger partial charge on any atom is -0.462 e. The van der Waals surface area contributed by atoms with Gasteiger partial charge in [0.05, 0.1) is 0 Å². The SMILES string of the molecule is CCC/C=C\C/C=C\CCCCCCCC(=O)OC(COC(=O)CCCCCCC/C=C\CCC)COC(=O)CCCCCCCCCCCCCCCCC/C=C\CCCCCCCCCC. The molecule has 6 nitrogen and oxygen atoms in total. The lowest BCUT2D eigenvalue weighted by atomic mass is 10.0. The highest BCUT2D eigenvalue weighted by Gasteiger charge is 2.19. The second-order valence-corrected chi connectivity index (χ2v) is 19.9. The molecule has 396 valence electrons. The molecule has 0 rings (SSSR count). The van der Waals surface area contributed by atoms with Crippen LogP contribution in [0.3, 0.4) is 0 Å². The van der Waals surface area contributed by atoms with Gasteiger partial charge in [0.15, 0.2) is 6.10 Å². The standard InChI is InChI=1S/C62H112O6/c1-4-7-10-13-16-19-22-24-25-26-27-28-29-30-31-32-33-34-35-36-37-39-40-43-46-49-52-55-61(64)67-58-59(57-66-60(63)54-51-48-45-42-21-18-15-12-9-6-3)68-62(65)56-53-50-47-44-41-38-23-20-17-14-11-8-5-2/h11-12,14-15,20,23,26-27,59H,4-10,13,16-19,21-22,24-25,28-58H2,1-3H3/b14-11-,15-12-,23-20-,27-26-. The van der Waals surface area contributed by atoms with E-state index < -0.39 is 6.10 Å². The zero-order chi connectivity index (χ0) is 49.3. The highest BCUT2D eigenvalue weighted by atomic mass is 16.6. The molecule has 0 aromatic heterocycles. The number of hydrogen-bond acceptors (Lipinski definition) is 6. The Bertz CT molecular complexity index is 1190. The number of unbranched alkanes of at least 4 members (excludes halogenated alkanes) is 35. The summed E-state index contributed by atoms with van der Waals surface area (Å²) in [7, 11) is 0. The number of ether oxygens (including phenoxy) is 3. The van der Waals surface area contributed by atoms with E-state index in [2.05, 4.69) is 69.4 Å². The van der Waals surface area contributed by atoms with Crippen LogP contribution in [0.25, 0.3) is 0 Å². The topological polar surface area (TPSA) is 78.9 Å². The lowest BCUT2D eigenvalue weighted by molar-refractivity contribution is -0.167. The van der Waals surface area contributed by atoms with Gasteiger partial charge in [-0.2, -0.15) is 0 Å². The van der Waals surface area contributed by atoms with E-state index in [1.54, 1.807) is 0 Å². The highest BCUT2D eigenvalue weighted by molar-refractivity contribution is 5.71. The summed E-state index contributed by atoms with van der Waals surface area (Å²) >= 11 is 0. The molecule has 1 atom stereocenters. The summed E-state index contributed by atoms with van der Waals surface area (Å²) in [5, 5.41) is 0. The lowest BCUT2D eigenvalue weighted by Gasteiger charge is -2.18. The first-order chi connectivity index (χ1) is 33.5. The predicted molar refractivity (Wildman–Crippen MR) is 293 cm³/mol. The molecule has 0 aliphatic rings. The summed E-state index contributed by atoms with van der Waals surface area (Å²) in [6.45, 7) is 6.52. The van der Waals surface area contributed by atoms with E-state index in [1.165, 1.54) is 167 Å². The number of rotatable bonds is 54. The van der Waals surface area contributed by atoms with Gasteiger partial charge in [0.1, 0.15) is 13.2 Å². The van der Waals surface area contributed by atoms with Crippen molar-refractivity contribution in [2.75, 3.05) is 13.2 Å². The van der Waals surface area contributed by atoms with E-state index in [0.29, 0.717) is 19.3 Å². The Morgan fingerprint density at radius 3 is 0.897 bits per heavy atom. The van der Waals surface area contributed by atoms with Crippen LogP contribution in [0, 0.1) is 0 Å². The fourth-order valence-corrected chi connectivity index (χ4v) is 8.54. The smallest absolute Gasteiger partial charge is 0.306 e. The van der Waals surface area contributed by atoms with Gasteiger partial charge in [0, 0.05) is 19.3 Å². The van der Waals surface area contributed by atoms with Crippen LogP contribution < -0.4 is 0 Å². The zero-order valence-electron chi connectivity index (χ0n) is 45.4. The van der Waals surface area contributed by atoms with Crippen LogP contribution >= 0.6 is 0 Å². The van der Waals surface area contributed by atoms with Crippen LogP contribution in [-0.4, -0.2) is 37.2 Å². The molecule has 0 heterocycles. The van der Waals surface area contributed by atoms with Crippen LogP contribution in [-0.2, 0) is 28.6 Å². The van der Waals surface area contributed by atoms with E-state index in [0.717, 1.165) is 103 Å². The third kappa shape index (κ3) is 54.3. The third-order valence-corrected chi connectivity index (χ3v) is 13.0. The average molecular weight is 954 g/mol. The van der Waals surface area contributed by atoms with Crippen LogP contribution in [0.1, 0.15) is 310 Å². The fourth-order valence-electron chi connectivity index (χ4n) is 8.54. The molecule has 0 aromatic rings. The van der Waals surface area contributed by atoms with E-state index in [1.807, 2.05) is 0 Å². The normalized spacial score (nSPS) is 12.3. The van der Waals surface area contributed by atoms with Gasteiger partial charge in [-0.3, -0.25) is 14.4 Å². The molecule has 0 amide bonds. The maximum Gasteiger partial charge on any atom is 0.306 e. The van der Waals surface area contributed by atoms with E-state index in [4.69, 9.17) is 14.2 Å². The predicted octanol–water partition coefficient (Wildman–Crippen LogP) is 19.8. The quantitative estimate of drug-likeness (QED) is 0.0262. The van der Waals surface area contributed by atoms with Gasteiger partial charge in [-0.15, -0.1) is 0 Å². The summed E-state index contributed by atoms with van der Waals surface area (Å²) in [5.74, 6) is -0.894. The number of hydrogen-bond donors (Lipinski definition) is 0. The minimum atomic E-state index is -0.781. The van der Waals surface area contributed by atoms with E-state index in [-0.39, 0.29) is 31.1 Å². The molecule has 0 radical (unpaired) electrons. The molecule has 1 unspecified atom stereocenters. The molecular formula is C62H112O6. The Labute approximate surface area is 422 Å². The molecule has 0 fully saturated rings. The van der Waals surface area contributed by atoms with Gasteiger partial charge < -0.3 is 14.2 Å². The minimum absolute atomic E-state index is 0.0796. The Balaban J connectivity index is 4.13. The van der Waals surface area contributed by atoms with Gasteiger partial charge in [-0.05, 0) is 89.9 Å². The van der Waals surface area contributed by atoms with Crippen molar-refractivity contribution in [2.24, 2.45) is 0 Å². The molecule has 0 saturated carbocycles. The molecule has 68 heavy (non-hydrogen) atoms. The number of carbonyl (C=O) groups excluding carboxylic acids is 3. The number of allylic oxidation sites excluding steroid dienone is 8. The molecule has 0 aliphatic carbocycles. The Morgan fingerprint density at radius 1 is 0.294 bits per heavy atom. The van der Waals surface area contributed by atoms with E-state index >= 15 is 0 Å². The molecule has 0 N–H and O–H groups in total. The Kier molecular flexibility index (Phi) is 54.8. The molecule has 0 saturated heterocycles. The van der Waals surface area contributed by atoms with Crippen LogP contribution in [0.15, 0.2) is 48.6 Å². The van der Waals surface area contributed by atoms with Crippen molar-refractivity contribution in [3.05, 3.63) is 48.6 Å². The van der Waals surface area contributed by atoms with Crippen molar-refractivity contribution in [2.45, 2.75) is 316 Å². The second kappa shape index (κ2) is 57.0. The molecule has 0 aromatic carbocycles. The summed E-state index contributed by atoms with van der Waals surface area (Å²) in [6, 6.07) is 0. The maximum absolute atomic E-state index is 12.8. The van der Waals surface area contributed by atoms with Crippen molar-refractivity contribution in [3.63, 3.8) is 0 Å². The van der Waals surface area contributed by atoms with Gasteiger partial charge in [0.25, 0.3) is 0 Å². The highest BCUT2D eigenvalue weighted by Crippen LogP contribution is 2.16. The fraction of sp³-hybridized carbons (Fsp3) is 0.823. The second-order valence-electron chi connectivity index (χ2n) is 19.9. The van der Waals surface area contributed by atoms with Crippen molar-refractivity contribution in [1.82, 2.24) is 0 Å². The van der Waals surface area contributed by atoms with Gasteiger partial charge in [-0.1, -0.05) is 249 Å². The largest absolute Gasteiger partial charge is 0.462 e. The van der Waals surface area contributed by atoms with Crippen molar-refractivity contribution in [1.29, 1.82) is 0 Å². The van der Waals surface area contributed by atoms with Crippen molar-refractivity contribution in [3.8, 4) is 0 Å². The summed E-state index contributed by atoms with van der Waals surface area (Å²) in [4.78, 5) is 38.0. The van der Waals surface area contributed by atoms with Crippen LogP contribution in [0.2, 0.25) is 0 Å². The summed E-state index contributed by atoms with van der Waals surface area (Å²) in [6.07, 6.45) is 69.9. The van der Waals surface area contributed by atoms with Gasteiger partial charge in [0.2, 0.25) is 0 Å². The first-order valence-corrected chi connectivity index (χ1v) is 29.6. The molecular weight excluding hydrogens is 841 g/mol. The Morgan fingerprint density at radius 2 is 0.559 bits per heavy atom. The number of esters is 3. The first-order valence-electron chi connectivity index (χ1n) is 29.6. The van der Waals surface area contributed by atoms with Gasteiger partial charge in [-0.25, -0.2) is 0 Å². The maximum atomic E-state index is 12.8. The third-order valence-electron chi connectivity index (χ3n) is 13.0. The van der Waals surface area contributed by atoms with Crippen molar-refractivity contribution < 1.29 is 28.6 Å². The number of carbonyl (C=O) groups is 3. The lowest BCUT2D eigenvalue weighted by Crippen LogP contribution is -2.30. The van der Waals surface area contributed by atoms with Crippen LogP contribution in [0.4, 0.5) is 0 Å². The summed E-state index contributed by atoms with van der Waals surface area (Å²) in [5.41, 5.74) is 0. The molecule has 6 heteroatoms.